The Morgan fingerprint density at radius 1 is 1.14 bits per heavy atom. The lowest BCUT2D eigenvalue weighted by molar-refractivity contribution is -0.130. The molecule has 0 fully saturated rings. The van der Waals surface area contributed by atoms with Crippen molar-refractivity contribution in [2.45, 2.75) is 20.0 Å². The SMILES string of the molecule is CCNC(=NCc1cccc(OCC(=O)N(C)C)c1)NCc1ccccc1Cl. The summed E-state index contributed by atoms with van der Waals surface area (Å²) in [4.78, 5) is 17.8. The molecule has 0 spiro atoms. The van der Waals surface area contributed by atoms with Crippen molar-refractivity contribution in [2.24, 2.45) is 4.99 Å². The summed E-state index contributed by atoms with van der Waals surface area (Å²) >= 11 is 6.21. The van der Waals surface area contributed by atoms with Gasteiger partial charge in [0.25, 0.3) is 5.91 Å². The van der Waals surface area contributed by atoms with E-state index in [1.54, 1.807) is 14.1 Å². The molecule has 2 aromatic carbocycles. The van der Waals surface area contributed by atoms with Gasteiger partial charge in [-0.15, -0.1) is 0 Å². The van der Waals surface area contributed by atoms with Crippen molar-refractivity contribution in [3.05, 3.63) is 64.7 Å². The number of halogens is 1. The molecule has 0 heterocycles. The van der Waals surface area contributed by atoms with Gasteiger partial charge in [-0.25, -0.2) is 4.99 Å². The van der Waals surface area contributed by atoms with E-state index in [0.29, 0.717) is 24.8 Å². The number of nitrogens with zero attached hydrogens (tertiary/aromatic N) is 2. The van der Waals surface area contributed by atoms with Crippen molar-refractivity contribution >= 4 is 23.5 Å². The van der Waals surface area contributed by atoms with E-state index in [0.717, 1.165) is 22.7 Å². The van der Waals surface area contributed by atoms with Crippen LogP contribution in [0.2, 0.25) is 5.02 Å². The molecule has 0 aromatic heterocycles. The lowest BCUT2D eigenvalue weighted by Crippen LogP contribution is -2.36. The molecule has 150 valence electrons. The van der Waals surface area contributed by atoms with E-state index in [9.17, 15) is 4.79 Å². The fourth-order valence-corrected chi connectivity index (χ4v) is 2.54. The highest BCUT2D eigenvalue weighted by Gasteiger charge is 2.06. The summed E-state index contributed by atoms with van der Waals surface area (Å²) in [7, 11) is 3.41. The van der Waals surface area contributed by atoms with Crippen LogP contribution in [0.4, 0.5) is 0 Å². The third kappa shape index (κ3) is 7.12. The van der Waals surface area contributed by atoms with E-state index >= 15 is 0 Å². The van der Waals surface area contributed by atoms with Crippen LogP contribution in [-0.2, 0) is 17.9 Å². The molecule has 0 atom stereocenters. The number of amides is 1. The van der Waals surface area contributed by atoms with Crippen molar-refractivity contribution in [2.75, 3.05) is 27.2 Å². The summed E-state index contributed by atoms with van der Waals surface area (Å²) in [6.45, 7) is 3.85. The number of ether oxygens (including phenoxy) is 1. The number of hydrogen-bond donors (Lipinski definition) is 2. The third-order valence-corrected chi connectivity index (χ3v) is 4.30. The van der Waals surface area contributed by atoms with Crippen molar-refractivity contribution < 1.29 is 9.53 Å². The maximum Gasteiger partial charge on any atom is 0.259 e. The zero-order chi connectivity index (χ0) is 20.4. The molecule has 0 unspecified atom stereocenters. The maximum absolute atomic E-state index is 11.7. The normalized spacial score (nSPS) is 11.1. The zero-order valence-electron chi connectivity index (χ0n) is 16.5. The Kier molecular flexibility index (Phi) is 8.62. The lowest BCUT2D eigenvalue weighted by atomic mass is 10.2. The smallest absolute Gasteiger partial charge is 0.259 e. The van der Waals surface area contributed by atoms with Gasteiger partial charge in [-0.05, 0) is 36.2 Å². The Labute approximate surface area is 171 Å². The highest BCUT2D eigenvalue weighted by Crippen LogP contribution is 2.15. The van der Waals surface area contributed by atoms with Crippen molar-refractivity contribution in [3.8, 4) is 5.75 Å². The standard InChI is InChI=1S/C21H27ClN4O2/c1-4-23-21(25-14-17-9-5-6-11-19(17)22)24-13-16-8-7-10-18(12-16)28-15-20(27)26(2)3/h5-12H,4,13-15H2,1-3H3,(H2,23,24,25). The Morgan fingerprint density at radius 3 is 2.64 bits per heavy atom. The third-order valence-electron chi connectivity index (χ3n) is 3.93. The lowest BCUT2D eigenvalue weighted by Gasteiger charge is -2.13. The predicted octanol–water partition coefficient (Wildman–Crippen LogP) is 3.06. The van der Waals surface area contributed by atoms with Gasteiger partial charge in [-0.2, -0.15) is 0 Å². The summed E-state index contributed by atoms with van der Waals surface area (Å²) in [5.74, 6) is 1.27. The first-order valence-electron chi connectivity index (χ1n) is 9.17. The quantitative estimate of drug-likeness (QED) is 0.526. The zero-order valence-corrected chi connectivity index (χ0v) is 17.3. The molecular weight excluding hydrogens is 376 g/mol. The van der Waals surface area contributed by atoms with Crippen LogP contribution in [0.1, 0.15) is 18.1 Å². The number of likely N-dealkylation sites (N-methyl/N-ethyl adjacent to an activating group) is 1. The second kappa shape index (κ2) is 11.2. The number of guanidine groups is 1. The topological polar surface area (TPSA) is 66.0 Å². The summed E-state index contributed by atoms with van der Waals surface area (Å²) in [6, 6.07) is 15.3. The van der Waals surface area contributed by atoms with Gasteiger partial charge >= 0.3 is 0 Å². The first-order valence-corrected chi connectivity index (χ1v) is 9.55. The summed E-state index contributed by atoms with van der Waals surface area (Å²) < 4.78 is 5.56. The number of nitrogens with one attached hydrogen (secondary N) is 2. The Morgan fingerprint density at radius 2 is 1.93 bits per heavy atom. The van der Waals surface area contributed by atoms with Crippen LogP contribution in [0.5, 0.6) is 5.75 Å². The van der Waals surface area contributed by atoms with E-state index in [1.807, 2.05) is 55.5 Å². The van der Waals surface area contributed by atoms with Crippen LogP contribution in [0.15, 0.2) is 53.5 Å². The second-order valence-corrected chi connectivity index (χ2v) is 6.77. The monoisotopic (exact) mass is 402 g/mol. The van der Waals surface area contributed by atoms with Crippen LogP contribution in [0.3, 0.4) is 0 Å². The summed E-state index contributed by atoms with van der Waals surface area (Å²) in [5, 5.41) is 7.24. The minimum Gasteiger partial charge on any atom is -0.484 e. The average Bonchev–Trinajstić information content (AvgIpc) is 2.69. The van der Waals surface area contributed by atoms with Gasteiger partial charge in [0.1, 0.15) is 5.75 Å². The first kappa shape index (κ1) is 21.6. The van der Waals surface area contributed by atoms with Crippen LogP contribution in [-0.4, -0.2) is 44.0 Å². The Hall–Kier alpha value is -2.73. The largest absolute Gasteiger partial charge is 0.484 e. The predicted molar refractivity (Wildman–Crippen MR) is 114 cm³/mol. The highest BCUT2D eigenvalue weighted by atomic mass is 35.5. The van der Waals surface area contributed by atoms with Gasteiger partial charge < -0.3 is 20.3 Å². The minimum atomic E-state index is -0.0818. The minimum absolute atomic E-state index is 0.0156. The van der Waals surface area contributed by atoms with Crippen molar-refractivity contribution in [1.82, 2.24) is 15.5 Å². The Balaban J connectivity index is 1.97. The molecule has 0 aliphatic heterocycles. The number of carbonyl (C=O) groups excluding carboxylic acids is 1. The van der Waals surface area contributed by atoms with Gasteiger partial charge in [-0.3, -0.25) is 4.79 Å². The van der Waals surface area contributed by atoms with E-state index in [4.69, 9.17) is 16.3 Å². The molecule has 7 heteroatoms. The number of hydrogen-bond acceptors (Lipinski definition) is 3. The fraction of sp³-hybridized carbons (Fsp3) is 0.333. The fourth-order valence-electron chi connectivity index (χ4n) is 2.34. The summed E-state index contributed by atoms with van der Waals surface area (Å²) in [5.41, 5.74) is 2.00. The van der Waals surface area contributed by atoms with Gasteiger partial charge in [0, 0.05) is 32.2 Å². The van der Waals surface area contributed by atoms with Gasteiger partial charge in [0.05, 0.1) is 6.54 Å². The molecule has 0 saturated carbocycles. The average molecular weight is 403 g/mol. The van der Waals surface area contributed by atoms with Crippen LogP contribution < -0.4 is 15.4 Å². The molecule has 0 bridgehead atoms. The molecule has 0 radical (unpaired) electrons. The summed E-state index contributed by atoms with van der Waals surface area (Å²) in [6.07, 6.45) is 0. The second-order valence-electron chi connectivity index (χ2n) is 6.36. The molecule has 6 nitrogen and oxygen atoms in total. The van der Waals surface area contributed by atoms with Crippen LogP contribution in [0.25, 0.3) is 0 Å². The number of benzene rings is 2. The van der Waals surface area contributed by atoms with Crippen molar-refractivity contribution in [3.63, 3.8) is 0 Å². The van der Waals surface area contributed by atoms with Gasteiger partial charge in [0.15, 0.2) is 12.6 Å². The van der Waals surface area contributed by atoms with Crippen LogP contribution in [0, 0.1) is 0 Å². The molecule has 2 N–H and O–H groups in total. The van der Waals surface area contributed by atoms with E-state index < -0.39 is 0 Å². The molecule has 1 amide bonds. The molecular formula is C21H27ClN4O2. The van der Waals surface area contributed by atoms with Gasteiger partial charge in [0.2, 0.25) is 0 Å². The molecule has 0 saturated heterocycles. The van der Waals surface area contributed by atoms with E-state index in [2.05, 4.69) is 15.6 Å². The molecule has 2 rings (SSSR count). The maximum atomic E-state index is 11.7. The van der Waals surface area contributed by atoms with Crippen LogP contribution >= 0.6 is 11.6 Å². The molecule has 2 aromatic rings. The number of aliphatic imine (C=N–C) groups is 1. The van der Waals surface area contributed by atoms with Gasteiger partial charge in [-0.1, -0.05) is 41.9 Å². The van der Waals surface area contributed by atoms with E-state index in [-0.39, 0.29) is 12.5 Å². The highest BCUT2D eigenvalue weighted by molar-refractivity contribution is 6.31. The molecule has 0 aliphatic rings. The Bertz CT molecular complexity index is 808. The molecule has 0 aliphatic carbocycles. The first-order chi connectivity index (χ1) is 13.5. The van der Waals surface area contributed by atoms with E-state index in [1.165, 1.54) is 4.90 Å². The molecule has 28 heavy (non-hydrogen) atoms. The number of carbonyl (C=O) groups is 1. The van der Waals surface area contributed by atoms with Crippen molar-refractivity contribution in [1.29, 1.82) is 0 Å². The number of rotatable bonds is 8.